The second-order valence-corrected chi connectivity index (χ2v) is 9.78. The van der Waals surface area contributed by atoms with Crippen molar-refractivity contribution >= 4 is 17.5 Å². The maximum atomic E-state index is 13.3. The number of hydrogen-bond acceptors (Lipinski definition) is 3. The average Bonchev–Trinajstić information content (AvgIpc) is 2.82. The van der Waals surface area contributed by atoms with E-state index in [0.29, 0.717) is 18.7 Å². The van der Waals surface area contributed by atoms with E-state index in [1.165, 1.54) is 38.4 Å². The third-order valence-corrected chi connectivity index (χ3v) is 5.59. The summed E-state index contributed by atoms with van der Waals surface area (Å²) in [5.41, 5.74) is 1.46. The normalized spacial score (nSPS) is 10.6. The Balaban J connectivity index is 0.000000580. The smallest absolute Gasteiger partial charge is 0.255 e. The minimum Gasteiger partial charge on any atom is -0.339 e. The molecule has 0 atom stereocenters. The second kappa shape index (κ2) is 17.6. The van der Waals surface area contributed by atoms with Gasteiger partial charge in [-0.1, -0.05) is 41.0 Å². The lowest BCUT2D eigenvalue weighted by Crippen LogP contribution is -2.32. The number of anilines is 1. The van der Waals surface area contributed by atoms with E-state index in [-0.39, 0.29) is 17.2 Å². The first kappa shape index (κ1) is 32.2. The van der Waals surface area contributed by atoms with E-state index in [4.69, 9.17) is 0 Å². The molecule has 0 aliphatic rings. The first-order valence-electron chi connectivity index (χ1n) is 13.5. The van der Waals surface area contributed by atoms with Crippen LogP contribution in [0.15, 0.2) is 36.4 Å². The number of unbranched alkanes of at least 4 members (excludes halogenated alkanes) is 1. The predicted molar refractivity (Wildman–Crippen MR) is 149 cm³/mol. The molecule has 2 rings (SSSR count). The summed E-state index contributed by atoms with van der Waals surface area (Å²) in [4.78, 5) is 27.1. The first-order valence-corrected chi connectivity index (χ1v) is 13.5. The molecular formula is C30H45F2N3O2. The van der Waals surface area contributed by atoms with Gasteiger partial charge in [-0.3, -0.25) is 9.59 Å². The zero-order valence-corrected chi connectivity index (χ0v) is 23.4. The quantitative estimate of drug-likeness (QED) is 0.276. The van der Waals surface area contributed by atoms with Gasteiger partial charge in [-0.25, -0.2) is 8.78 Å². The summed E-state index contributed by atoms with van der Waals surface area (Å²) in [7, 11) is 0. The highest BCUT2D eigenvalue weighted by Crippen LogP contribution is 2.17. The third kappa shape index (κ3) is 12.8. The van der Waals surface area contributed by atoms with Crippen molar-refractivity contribution in [3.05, 3.63) is 64.7 Å². The van der Waals surface area contributed by atoms with Crippen LogP contribution in [0.3, 0.4) is 0 Å². The number of benzene rings is 2. The maximum absolute atomic E-state index is 13.3. The number of hydrogen-bond donors (Lipinski definition) is 2. The Morgan fingerprint density at radius 1 is 0.838 bits per heavy atom. The van der Waals surface area contributed by atoms with E-state index >= 15 is 0 Å². The molecule has 37 heavy (non-hydrogen) atoms. The van der Waals surface area contributed by atoms with Gasteiger partial charge in [0.25, 0.3) is 11.8 Å². The molecule has 0 bridgehead atoms. The van der Waals surface area contributed by atoms with Crippen LogP contribution >= 0.6 is 0 Å². The molecule has 0 heterocycles. The molecule has 2 amide bonds. The molecule has 0 aliphatic carbocycles. The van der Waals surface area contributed by atoms with Crippen molar-refractivity contribution in [3.8, 4) is 0 Å². The summed E-state index contributed by atoms with van der Waals surface area (Å²) >= 11 is 0. The van der Waals surface area contributed by atoms with E-state index in [0.717, 1.165) is 42.5 Å². The van der Waals surface area contributed by atoms with Gasteiger partial charge in [-0.15, -0.1) is 0 Å². The molecule has 2 N–H and O–H groups in total. The number of nitrogens with zero attached hydrogens (tertiary/aromatic N) is 1. The monoisotopic (exact) mass is 517 g/mol. The lowest BCUT2D eigenvalue weighted by Gasteiger charge is -2.22. The number of carbonyl (C=O) groups excluding carboxylic acids is 2. The highest BCUT2D eigenvalue weighted by molar-refractivity contribution is 6.06. The SMILES string of the molecule is CCCCNCCC(C)C.CCCN(CCC)C(=O)c1cc(C)cc(C(=O)Nc2cc(F)cc(F)c2)c1. The standard InChI is InChI=1S/C21H24F2N2O2.C9H21N/c1-4-6-25(7-5-2)21(27)16-9-14(3)8-15(10-16)20(26)24-19-12-17(22)11-18(23)13-19;1-4-5-7-10-8-6-9(2)3/h8-13H,4-7H2,1-3H3,(H,24,26);9-10H,4-8H2,1-3H3. The molecule has 0 aliphatic heterocycles. The average molecular weight is 518 g/mol. The molecular weight excluding hydrogens is 472 g/mol. The number of nitrogens with one attached hydrogen (secondary N) is 2. The lowest BCUT2D eigenvalue weighted by molar-refractivity contribution is 0.0755. The van der Waals surface area contributed by atoms with Crippen LogP contribution in [0, 0.1) is 24.5 Å². The molecule has 7 heteroatoms. The predicted octanol–water partition coefficient (Wildman–Crippen LogP) is 7.21. The van der Waals surface area contributed by atoms with Crippen molar-refractivity contribution < 1.29 is 18.4 Å². The van der Waals surface area contributed by atoms with Gasteiger partial charge in [-0.05, 0) is 87.5 Å². The Hall–Kier alpha value is -2.80. The minimum absolute atomic E-state index is 0.0190. The van der Waals surface area contributed by atoms with Gasteiger partial charge < -0.3 is 15.5 Å². The second-order valence-electron chi connectivity index (χ2n) is 9.78. The number of amides is 2. The van der Waals surface area contributed by atoms with Crippen LogP contribution in [-0.2, 0) is 0 Å². The fourth-order valence-corrected chi connectivity index (χ4v) is 3.72. The van der Waals surface area contributed by atoms with Gasteiger partial charge in [0, 0.05) is 36.0 Å². The third-order valence-electron chi connectivity index (χ3n) is 5.59. The molecule has 5 nitrogen and oxygen atoms in total. The summed E-state index contributed by atoms with van der Waals surface area (Å²) in [5.74, 6) is -1.38. The molecule has 206 valence electrons. The Morgan fingerprint density at radius 2 is 1.43 bits per heavy atom. The zero-order valence-electron chi connectivity index (χ0n) is 23.4. The van der Waals surface area contributed by atoms with E-state index < -0.39 is 17.5 Å². The summed E-state index contributed by atoms with van der Waals surface area (Å²) in [6, 6.07) is 7.68. The van der Waals surface area contributed by atoms with Gasteiger partial charge in [0.05, 0.1) is 0 Å². The number of carbonyl (C=O) groups is 2. The van der Waals surface area contributed by atoms with Gasteiger partial charge in [0.2, 0.25) is 0 Å². The Bertz CT molecular complexity index is 953. The van der Waals surface area contributed by atoms with Gasteiger partial charge in [0.15, 0.2) is 0 Å². The molecule has 0 unspecified atom stereocenters. The van der Waals surface area contributed by atoms with Crippen LogP contribution in [0.4, 0.5) is 14.5 Å². The van der Waals surface area contributed by atoms with Gasteiger partial charge >= 0.3 is 0 Å². The largest absolute Gasteiger partial charge is 0.339 e. The van der Waals surface area contributed by atoms with Crippen LogP contribution in [0.1, 0.15) is 93.0 Å². The van der Waals surface area contributed by atoms with E-state index in [2.05, 4.69) is 31.4 Å². The summed E-state index contributed by atoms with van der Waals surface area (Å²) in [6.45, 7) is 16.2. The lowest BCUT2D eigenvalue weighted by atomic mass is 10.0. The van der Waals surface area contributed by atoms with E-state index in [1.807, 2.05) is 13.8 Å². The minimum atomic E-state index is -0.778. The van der Waals surface area contributed by atoms with Crippen molar-refractivity contribution in [3.63, 3.8) is 0 Å². The van der Waals surface area contributed by atoms with Gasteiger partial charge in [0.1, 0.15) is 11.6 Å². The molecule has 0 radical (unpaired) electrons. The van der Waals surface area contributed by atoms with Crippen LogP contribution in [0.25, 0.3) is 0 Å². The maximum Gasteiger partial charge on any atom is 0.255 e. The summed E-state index contributed by atoms with van der Waals surface area (Å²) < 4.78 is 26.6. The van der Waals surface area contributed by atoms with Crippen LogP contribution in [-0.4, -0.2) is 42.9 Å². The van der Waals surface area contributed by atoms with Crippen LogP contribution < -0.4 is 10.6 Å². The molecule has 0 saturated carbocycles. The zero-order chi connectivity index (χ0) is 27.8. The van der Waals surface area contributed by atoms with E-state index in [9.17, 15) is 18.4 Å². The fraction of sp³-hybridized carbons (Fsp3) is 0.533. The Labute approximate surface area is 222 Å². The van der Waals surface area contributed by atoms with Crippen molar-refractivity contribution in [1.82, 2.24) is 10.2 Å². The molecule has 0 saturated heterocycles. The highest BCUT2D eigenvalue weighted by Gasteiger charge is 2.17. The van der Waals surface area contributed by atoms with Crippen LogP contribution in [0.2, 0.25) is 0 Å². The number of halogens is 2. The van der Waals surface area contributed by atoms with Crippen molar-refractivity contribution in [2.45, 2.75) is 73.6 Å². The van der Waals surface area contributed by atoms with Crippen molar-refractivity contribution in [2.75, 3.05) is 31.5 Å². The molecule has 2 aromatic carbocycles. The number of rotatable bonds is 13. The topological polar surface area (TPSA) is 61.4 Å². The number of aryl methyl sites for hydroxylation is 1. The first-order chi connectivity index (χ1) is 17.6. The van der Waals surface area contributed by atoms with E-state index in [1.54, 1.807) is 24.0 Å². The highest BCUT2D eigenvalue weighted by atomic mass is 19.1. The molecule has 0 fully saturated rings. The Kier molecular flexibility index (Phi) is 15.3. The van der Waals surface area contributed by atoms with Crippen molar-refractivity contribution in [1.29, 1.82) is 0 Å². The fourth-order valence-electron chi connectivity index (χ4n) is 3.72. The molecule has 0 aromatic heterocycles. The summed E-state index contributed by atoms with van der Waals surface area (Å²) in [6.07, 6.45) is 5.61. The Morgan fingerprint density at radius 3 is 1.97 bits per heavy atom. The summed E-state index contributed by atoms with van der Waals surface area (Å²) in [5, 5.41) is 5.89. The van der Waals surface area contributed by atoms with Crippen molar-refractivity contribution in [2.24, 2.45) is 5.92 Å². The van der Waals surface area contributed by atoms with Gasteiger partial charge in [-0.2, -0.15) is 0 Å². The van der Waals surface area contributed by atoms with Crippen LogP contribution in [0.5, 0.6) is 0 Å². The molecule has 0 spiro atoms. The molecule has 2 aromatic rings.